The van der Waals surface area contributed by atoms with Gasteiger partial charge in [0.1, 0.15) is 11.4 Å². The van der Waals surface area contributed by atoms with Gasteiger partial charge in [-0.3, -0.25) is 14.6 Å². The molecule has 7 nitrogen and oxygen atoms in total. The second-order valence-corrected chi connectivity index (χ2v) is 5.44. The number of anilines is 1. The monoisotopic (exact) mass is 342 g/mol. The van der Waals surface area contributed by atoms with Crippen molar-refractivity contribution >= 4 is 17.5 Å². The summed E-state index contributed by atoms with van der Waals surface area (Å²) in [6.45, 7) is 1.97. The highest BCUT2D eigenvalue weighted by atomic mass is 16.5. The number of carbonyl (C=O) groups is 2. The molecule has 2 amide bonds. The minimum Gasteiger partial charge on any atom is -0.455 e. The third-order valence-electron chi connectivity index (χ3n) is 3.50. The summed E-state index contributed by atoms with van der Waals surface area (Å²) in [5.74, 6) is 0.318. The number of hydrogen-bond acceptors (Lipinski definition) is 5. The second-order valence-electron chi connectivity index (χ2n) is 5.44. The van der Waals surface area contributed by atoms with E-state index < -0.39 is 6.04 Å². The first kappa shape index (κ1) is 18.4. The van der Waals surface area contributed by atoms with Gasteiger partial charge < -0.3 is 21.1 Å². The molecular formula is C18H22N4O3. The van der Waals surface area contributed by atoms with Gasteiger partial charge in [-0.25, -0.2) is 0 Å². The summed E-state index contributed by atoms with van der Waals surface area (Å²) in [4.78, 5) is 27.8. The van der Waals surface area contributed by atoms with Crippen LogP contribution in [0.2, 0.25) is 0 Å². The molecule has 1 unspecified atom stereocenters. The third-order valence-corrected chi connectivity index (χ3v) is 3.50. The Bertz CT molecular complexity index is 749. The van der Waals surface area contributed by atoms with Crippen LogP contribution in [0.25, 0.3) is 0 Å². The number of rotatable bonds is 7. The van der Waals surface area contributed by atoms with Crippen molar-refractivity contribution in [2.45, 2.75) is 25.8 Å². The van der Waals surface area contributed by atoms with Gasteiger partial charge in [0.25, 0.3) is 5.91 Å². The standard InChI is InChI=1S/C18H22N4O3/c1-3-6-13(19)17(23)22-14-7-4-5-8-16(14)25-12-9-10-21-15(11-12)18(24)20-2/h4-5,7-11,13H,3,6,19H2,1-2H3,(H,20,24)(H,22,23). The maximum atomic E-state index is 12.1. The van der Waals surface area contributed by atoms with Crippen LogP contribution in [-0.2, 0) is 4.79 Å². The van der Waals surface area contributed by atoms with E-state index in [0.717, 1.165) is 6.42 Å². The first-order valence-corrected chi connectivity index (χ1v) is 8.06. The minimum atomic E-state index is -0.571. The van der Waals surface area contributed by atoms with Gasteiger partial charge in [0.15, 0.2) is 5.75 Å². The van der Waals surface area contributed by atoms with E-state index in [2.05, 4.69) is 15.6 Å². The summed E-state index contributed by atoms with van der Waals surface area (Å²) in [7, 11) is 1.53. The van der Waals surface area contributed by atoms with E-state index in [1.54, 1.807) is 30.3 Å². The number of nitrogens with one attached hydrogen (secondary N) is 2. The molecule has 25 heavy (non-hydrogen) atoms. The number of para-hydroxylation sites is 2. The van der Waals surface area contributed by atoms with E-state index in [0.29, 0.717) is 23.6 Å². The summed E-state index contributed by atoms with van der Waals surface area (Å²) in [6, 6.07) is 9.62. The van der Waals surface area contributed by atoms with E-state index in [9.17, 15) is 9.59 Å². The number of hydrogen-bond donors (Lipinski definition) is 3. The number of amides is 2. The first-order valence-electron chi connectivity index (χ1n) is 8.06. The molecule has 0 bridgehead atoms. The van der Waals surface area contributed by atoms with Crippen LogP contribution in [0.3, 0.4) is 0 Å². The normalized spacial score (nSPS) is 11.5. The number of benzene rings is 1. The Kier molecular flexibility index (Phi) is 6.47. The molecule has 0 saturated heterocycles. The summed E-state index contributed by atoms with van der Waals surface area (Å²) in [6.07, 6.45) is 2.92. The highest BCUT2D eigenvalue weighted by molar-refractivity contribution is 5.96. The largest absolute Gasteiger partial charge is 0.455 e. The van der Waals surface area contributed by atoms with Crippen LogP contribution in [0, 0.1) is 0 Å². The lowest BCUT2D eigenvalue weighted by Gasteiger charge is -2.15. The van der Waals surface area contributed by atoms with Crippen LogP contribution in [0.5, 0.6) is 11.5 Å². The number of nitrogens with two attached hydrogens (primary N) is 1. The molecule has 1 aromatic heterocycles. The van der Waals surface area contributed by atoms with Crippen molar-refractivity contribution in [2.75, 3.05) is 12.4 Å². The lowest BCUT2D eigenvalue weighted by molar-refractivity contribution is -0.117. The average Bonchev–Trinajstić information content (AvgIpc) is 2.63. The van der Waals surface area contributed by atoms with E-state index in [4.69, 9.17) is 10.5 Å². The van der Waals surface area contributed by atoms with Crippen molar-refractivity contribution in [3.63, 3.8) is 0 Å². The highest BCUT2D eigenvalue weighted by Gasteiger charge is 2.15. The van der Waals surface area contributed by atoms with Crippen molar-refractivity contribution in [1.29, 1.82) is 0 Å². The highest BCUT2D eigenvalue weighted by Crippen LogP contribution is 2.29. The molecule has 0 saturated carbocycles. The lowest BCUT2D eigenvalue weighted by Crippen LogP contribution is -2.35. The summed E-state index contributed by atoms with van der Waals surface area (Å²) in [5, 5.41) is 5.29. The molecular weight excluding hydrogens is 320 g/mol. The Morgan fingerprint density at radius 2 is 2.04 bits per heavy atom. The zero-order valence-electron chi connectivity index (χ0n) is 14.3. The fourth-order valence-electron chi connectivity index (χ4n) is 2.18. The van der Waals surface area contributed by atoms with Crippen LogP contribution in [0.15, 0.2) is 42.6 Å². The topological polar surface area (TPSA) is 106 Å². The molecule has 1 atom stereocenters. The molecule has 1 heterocycles. The fourth-order valence-corrected chi connectivity index (χ4v) is 2.18. The Morgan fingerprint density at radius 1 is 1.28 bits per heavy atom. The molecule has 0 aliphatic rings. The van der Waals surface area contributed by atoms with Gasteiger partial charge in [0, 0.05) is 19.3 Å². The van der Waals surface area contributed by atoms with Crippen molar-refractivity contribution in [2.24, 2.45) is 5.73 Å². The number of ether oxygens (including phenoxy) is 1. The molecule has 1 aromatic carbocycles. The van der Waals surface area contributed by atoms with Gasteiger partial charge in [-0.2, -0.15) is 0 Å². The number of aromatic nitrogens is 1. The smallest absolute Gasteiger partial charge is 0.269 e. The van der Waals surface area contributed by atoms with Gasteiger partial charge in [0.05, 0.1) is 11.7 Å². The fraction of sp³-hybridized carbons (Fsp3) is 0.278. The summed E-state index contributed by atoms with van der Waals surface area (Å²) < 4.78 is 5.81. The number of carbonyl (C=O) groups excluding carboxylic acids is 2. The van der Waals surface area contributed by atoms with Gasteiger partial charge in [-0.1, -0.05) is 25.5 Å². The Balaban J connectivity index is 2.18. The molecule has 0 spiro atoms. The molecule has 0 fully saturated rings. The van der Waals surface area contributed by atoms with E-state index in [1.807, 2.05) is 6.92 Å². The molecule has 2 aromatic rings. The molecule has 0 radical (unpaired) electrons. The zero-order valence-corrected chi connectivity index (χ0v) is 14.3. The average molecular weight is 342 g/mol. The number of pyridine rings is 1. The Labute approximate surface area is 146 Å². The van der Waals surface area contributed by atoms with Gasteiger partial charge in [0.2, 0.25) is 5.91 Å². The minimum absolute atomic E-state index is 0.242. The maximum absolute atomic E-state index is 12.1. The van der Waals surface area contributed by atoms with Gasteiger partial charge >= 0.3 is 0 Å². The van der Waals surface area contributed by atoms with E-state index >= 15 is 0 Å². The van der Waals surface area contributed by atoms with E-state index in [-0.39, 0.29) is 17.5 Å². The van der Waals surface area contributed by atoms with Crippen LogP contribution in [0.1, 0.15) is 30.3 Å². The molecule has 7 heteroatoms. The third kappa shape index (κ3) is 5.02. The lowest BCUT2D eigenvalue weighted by atomic mass is 10.1. The van der Waals surface area contributed by atoms with Crippen LogP contribution in [0.4, 0.5) is 5.69 Å². The Morgan fingerprint density at radius 3 is 2.76 bits per heavy atom. The summed E-state index contributed by atoms with van der Waals surface area (Å²) in [5.41, 5.74) is 6.59. The van der Waals surface area contributed by atoms with Gasteiger partial charge in [-0.05, 0) is 24.6 Å². The first-order chi connectivity index (χ1) is 12.0. The van der Waals surface area contributed by atoms with Crippen LogP contribution >= 0.6 is 0 Å². The predicted octanol–water partition coefficient (Wildman–Crippen LogP) is 2.30. The predicted molar refractivity (Wildman–Crippen MR) is 95.7 cm³/mol. The molecule has 132 valence electrons. The Hall–Kier alpha value is -2.93. The van der Waals surface area contributed by atoms with Gasteiger partial charge in [-0.15, -0.1) is 0 Å². The second kappa shape index (κ2) is 8.79. The molecule has 4 N–H and O–H groups in total. The van der Waals surface area contributed by atoms with Crippen LogP contribution < -0.4 is 21.1 Å². The van der Waals surface area contributed by atoms with Crippen molar-refractivity contribution < 1.29 is 14.3 Å². The zero-order chi connectivity index (χ0) is 18.2. The van der Waals surface area contributed by atoms with E-state index in [1.165, 1.54) is 19.3 Å². The van der Waals surface area contributed by atoms with Crippen molar-refractivity contribution in [3.05, 3.63) is 48.3 Å². The number of nitrogens with zero attached hydrogens (tertiary/aromatic N) is 1. The molecule has 0 aliphatic heterocycles. The quantitative estimate of drug-likeness (QED) is 0.716. The summed E-state index contributed by atoms with van der Waals surface area (Å²) >= 11 is 0. The van der Waals surface area contributed by atoms with Crippen molar-refractivity contribution in [3.8, 4) is 11.5 Å². The van der Waals surface area contributed by atoms with Crippen molar-refractivity contribution in [1.82, 2.24) is 10.3 Å². The van der Waals surface area contributed by atoms with Crippen LogP contribution in [-0.4, -0.2) is 29.9 Å². The molecule has 0 aliphatic carbocycles. The maximum Gasteiger partial charge on any atom is 0.269 e. The molecule has 2 rings (SSSR count). The SMILES string of the molecule is CCCC(N)C(=O)Nc1ccccc1Oc1ccnc(C(=O)NC)c1.